The van der Waals surface area contributed by atoms with Crippen LogP contribution in [0.3, 0.4) is 0 Å². The Morgan fingerprint density at radius 2 is 1.80 bits per heavy atom. The Hall–Kier alpha value is -2.37. The van der Waals surface area contributed by atoms with Gasteiger partial charge in [0, 0.05) is 6.54 Å². The predicted molar refractivity (Wildman–Crippen MR) is 73.3 cm³/mol. The van der Waals surface area contributed by atoms with Crippen LogP contribution in [-0.4, -0.2) is 30.6 Å². The highest BCUT2D eigenvalue weighted by Gasteiger charge is 2.20. The van der Waals surface area contributed by atoms with Gasteiger partial charge in [0.05, 0.1) is 5.56 Å². The predicted octanol–water partition coefficient (Wildman–Crippen LogP) is 1.39. The molecular weight excluding hydrogens is 260 g/mol. The van der Waals surface area contributed by atoms with Crippen LogP contribution in [0.1, 0.15) is 29.8 Å². The van der Waals surface area contributed by atoms with Gasteiger partial charge in [-0.3, -0.25) is 10.1 Å². The summed E-state index contributed by atoms with van der Waals surface area (Å²) in [5, 5.41) is 4.49. The molecule has 0 heterocycles. The maximum atomic E-state index is 11.8. The number of nitrogens with one attached hydrogen (secondary N) is 2. The van der Waals surface area contributed by atoms with E-state index < -0.39 is 24.0 Å². The van der Waals surface area contributed by atoms with Crippen molar-refractivity contribution < 1.29 is 19.1 Å². The van der Waals surface area contributed by atoms with Gasteiger partial charge in [-0.25, -0.2) is 9.59 Å². The number of hydrogen-bond acceptors (Lipinski definition) is 4. The summed E-state index contributed by atoms with van der Waals surface area (Å²) in [4.78, 5) is 34.5. The molecule has 0 saturated heterocycles. The van der Waals surface area contributed by atoms with Gasteiger partial charge < -0.3 is 10.1 Å². The Balaban J connectivity index is 2.54. The number of hydrogen-bond donors (Lipinski definition) is 2. The molecule has 0 aliphatic carbocycles. The van der Waals surface area contributed by atoms with Crippen molar-refractivity contribution in [2.75, 3.05) is 6.54 Å². The van der Waals surface area contributed by atoms with Gasteiger partial charge >= 0.3 is 12.0 Å². The lowest BCUT2D eigenvalue weighted by molar-refractivity contribution is -0.127. The Labute approximate surface area is 117 Å². The number of amides is 3. The number of carbonyl (C=O) groups excluding carboxylic acids is 3. The van der Waals surface area contributed by atoms with Crippen molar-refractivity contribution in [2.24, 2.45) is 0 Å². The molecule has 0 fully saturated rings. The minimum Gasteiger partial charge on any atom is -0.449 e. The second kappa shape index (κ2) is 7.28. The second-order valence-electron chi connectivity index (χ2n) is 4.26. The summed E-state index contributed by atoms with van der Waals surface area (Å²) >= 11 is 0. The monoisotopic (exact) mass is 278 g/mol. The fourth-order valence-electron chi connectivity index (χ4n) is 1.39. The van der Waals surface area contributed by atoms with Crippen LogP contribution in [0, 0.1) is 6.92 Å². The largest absolute Gasteiger partial charge is 0.449 e. The summed E-state index contributed by atoms with van der Waals surface area (Å²) in [6.07, 6.45) is -1.05. The smallest absolute Gasteiger partial charge is 0.338 e. The van der Waals surface area contributed by atoms with Gasteiger partial charge in [0.15, 0.2) is 6.10 Å². The number of aryl methyl sites for hydroxylation is 1. The third kappa shape index (κ3) is 4.72. The van der Waals surface area contributed by atoms with Gasteiger partial charge in [0.2, 0.25) is 0 Å². The molecule has 20 heavy (non-hydrogen) atoms. The van der Waals surface area contributed by atoms with E-state index in [1.165, 1.54) is 6.92 Å². The summed E-state index contributed by atoms with van der Waals surface area (Å²) in [5.74, 6) is -1.28. The van der Waals surface area contributed by atoms with Gasteiger partial charge in [0.25, 0.3) is 5.91 Å². The van der Waals surface area contributed by atoms with Crippen molar-refractivity contribution in [2.45, 2.75) is 26.9 Å². The lowest BCUT2D eigenvalue weighted by Crippen LogP contribution is -2.44. The third-order valence-electron chi connectivity index (χ3n) is 2.51. The molecule has 1 aromatic carbocycles. The van der Waals surface area contributed by atoms with Crippen molar-refractivity contribution in [3.05, 3.63) is 35.4 Å². The van der Waals surface area contributed by atoms with Gasteiger partial charge in [0.1, 0.15) is 0 Å². The van der Waals surface area contributed by atoms with E-state index in [0.717, 1.165) is 5.56 Å². The molecule has 0 aromatic heterocycles. The number of rotatable bonds is 4. The average Bonchev–Trinajstić information content (AvgIpc) is 2.39. The first-order chi connectivity index (χ1) is 9.43. The van der Waals surface area contributed by atoms with E-state index in [0.29, 0.717) is 12.1 Å². The zero-order chi connectivity index (χ0) is 15.1. The number of ether oxygens (including phenoxy) is 1. The van der Waals surface area contributed by atoms with E-state index in [1.807, 2.05) is 6.92 Å². The van der Waals surface area contributed by atoms with Crippen LogP contribution in [0.4, 0.5) is 4.79 Å². The Morgan fingerprint density at radius 3 is 2.35 bits per heavy atom. The molecule has 0 bridgehead atoms. The lowest BCUT2D eigenvalue weighted by Gasteiger charge is -2.13. The molecule has 108 valence electrons. The fraction of sp³-hybridized carbons (Fsp3) is 0.357. The number of imide groups is 1. The molecule has 3 amide bonds. The molecule has 2 N–H and O–H groups in total. The summed E-state index contributed by atoms with van der Waals surface area (Å²) < 4.78 is 4.99. The minimum absolute atomic E-state index is 0.355. The first-order valence-corrected chi connectivity index (χ1v) is 6.30. The highest BCUT2D eigenvalue weighted by Crippen LogP contribution is 2.06. The summed E-state index contributed by atoms with van der Waals surface area (Å²) in [5.41, 5.74) is 1.37. The molecular formula is C14H18N2O4. The zero-order valence-electron chi connectivity index (χ0n) is 11.7. The van der Waals surface area contributed by atoms with Crippen LogP contribution in [0.5, 0.6) is 0 Å². The SMILES string of the molecule is CCNC(=O)NC(=O)C(C)OC(=O)c1ccc(C)cc1. The summed E-state index contributed by atoms with van der Waals surface area (Å²) in [6.45, 7) is 5.43. The van der Waals surface area contributed by atoms with Crippen molar-refractivity contribution in [1.29, 1.82) is 0 Å². The number of benzene rings is 1. The number of carbonyl (C=O) groups is 3. The van der Waals surface area contributed by atoms with Crippen LogP contribution >= 0.6 is 0 Å². The lowest BCUT2D eigenvalue weighted by atomic mass is 10.1. The van der Waals surface area contributed by atoms with Gasteiger partial charge in [-0.05, 0) is 32.9 Å². The van der Waals surface area contributed by atoms with E-state index >= 15 is 0 Å². The number of esters is 1. The second-order valence-corrected chi connectivity index (χ2v) is 4.26. The van der Waals surface area contributed by atoms with E-state index in [1.54, 1.807) is 31.2 Å². The van der Waals surface area contributed by atoms with Crippen molar-refractivity contribution in [1.82, 2.24) is 10.6 Å². The molecule has 1 aromatic rings. The first-order valence-electron chi connectivity index (χ1n) is 6.30. The minimum atomic E-state index is -1.05. The van der Waals surface area contributed by atoms with Crippen molar-refractivity contribution in [3.63, 3.8) is 0 Å². The van der Waals surface area contributed by atoms with Crippen LogP contribution in [0.2, 0.25) is 0 Å². The van der Waals surface area contributed by atoms with E-state index in [4.69, 9.17) is 4.74 Å². The fourth-order valence-corrected chi connectivity index (χ4v) is 1.39. The Bertz CT molecular complexity index is 496. The Morgan fingerprint density at radius 1 is 1.20 bits per heavy atom. The Kier molecular flexibility index (Phi) is 5.71. The maximum absolute atomic E-state index is 11.8. The molecule has 1 rings (SSSR count). The normalized spacial score (nSPS) is 11.3. The van der Waals surface area contributed by atoms with E-state index in [9.17, 15) is 14.4 Å². The highest BCUT2D eigenvalue weighted by molar-refractivity contribution is 5.98. The summed E-state index contributed by atoms with van der Waals surface area (Å²) in [6, 6.07) is 6.17. The third-order valence-corrected chi connectivity index (χ3v) is 2.51. The van der Waals surface area contributed by atoms with Crippen LogP contribution in [0.15, 0.2) is 24.3 Å². The van der Waals surface area contributed by atoms with Crippen LogP contribution in [0.25, 0.3) is 0 Å². The summed E-state index contributed by atoms with van der Waals surface area (Å²) in [7, 11) is 0. The first kappa shape index (κ1) is 15.7. The topological polar surface area (TPSA) is 84.5 Å². The number of urea groups is 1. The van der Waals surface area contributed by atoms with E-state index in [-0.39, 0.29) is 0 Å². The molecule has 0 saturated carbocycles. The maximum Gasteiger partial charge on any atom is 0.338 e. The van der Waals surface area contributed by atoms with Crippen LogP contribution < -0.4 is 10.6 Å². The standard InChI is InChI=1S/C14H18N2O4/c1-4-15-14(19)16-12(17)10(3)20-13(18)11-7-5-9(2)6-8-11/h5-8,10H,4H2,1-3H3,(H2,15,16,17,19). The van der Waals surface area contributed by atoms with Crippen molar-refractivity contribution >= 4 is 17.9 Å². The molecule has 1 unspecified atom stereocenters. The van der Waals surface area contributed by atoms with Gasteiger partial charge in [-0.2, -0.15) is 0 Å². The van der Waals surface area contributed by atoms with Crippen LogP contribution in [-0.2, 0) is 9.53 Å². The molecule has 6 heteroatoms. The van der Waals surface area contributed by atoms with Gasteiger partial charge in [-0.15, -0.1) is 0 Å². The quantitative estimate of drug-likeness (QED) is 0.815. The molecule has 0 aliphatic rings. The molecule has 1 atom stereocenters. The molecule has 6 nitrogen and oxygen atoms in total. The molecule has 0 aliphatic heterocycles. The molecule has 0 radical (unpaired) electrons. The zero-order valence-corrected chi connectivity index (χ0v) is 11.7. The molecule has 0 spiro atoms. The average molecular weight is 278 g/mol. The van der Waals surface area contributed by atoms with Gasteiger partial charge in [-0.1, -0.05) is 17.7 Å². The van der Waals surface area contributed by atoms with E-state index in [2.05, 4.69) is 10.6 Å². The highest BCUT2D eigenvalue weighted by atomic mass is 16.5. The van der Waals surface area contributed by atoms with Crippen molar-refractivity contribution in [3.8, 4) is 0 Å².